The van der Waals surface area contributed by atoms with Gasteiger partial charge in [0.1, 0.15) is 6.07 Å². The Balaban J connectivity index is 1.65. The molecule has 31 heavy (non-hydrogen) atoms. The van der Waals surface area contributed by atoms with Gasteiger partial charge in [0.25, 0.3) is 11.7 Å². The number of nitriles is 1. The lowest BCUT2D eigenvalue weighted by Gasteiger charge is -2.32. The van der Waals surface area contributed by atoms with Crippen molar-refractivity contribution in [3.05, 3.63) is 35.4 Å². The minimum absolute atomic E-state index is 0.0987. The molecule has 0 saturated carbocycles. The Morgan fingerprint density at radius 2 is 1.87 bits per heavy atom. The number of dihydropyridines is 1. The summed E-state index contributed by atoms with van der Waals surface area (Å²) in [6, 6.07) is 6.65. The van der Waals surface area contributed by atoms with E-state index in [1.165, 1.54) is 21.3 Å². The minimum Gasteiger partial charge on any atom is -0.338 e. The molecule has 0 atom stereocenters. The molecule has 0 unspecified atom stereocenters. The summed E-state index contributed by atoms with van der Waals surface area (Å²) in [5, 5.41) is 9.55. The summed E-state index contributed by atoms with van der Waals surface area (Å²) in [5.74, 6) is -2.01. The number of carbonyl (C=O) groups excluding carboxylic acids is 1. The third-order valence-electron chi connectivity index (χ3n) is 5.96. The molecular formula is C21H22N4O5S. The molecule has 162 valence electrons. The maximum Gasteiger partial charge on any atom is 0.298 e. The first-order valence-electron chi connectivity index (χ1n) is 10.4. The van der Waals surface area contributed by atoms with Crippen LogP contribution in [-0.2, 0) is 30.1 Å². The van der Waals surface area contributed by atoms with E-state index in [-0.39, 0.29) is 10.7 Å². The summed E-state index contributed by atoms with van der Waals surface area (Å²) in [4.78, 5) is 19.5. The van der Waals surface area contributed by atoms with Gasteiger partial charge in [0.15, 0.2) is 5.84 Å². The largest absolute Gasteiger partial charge is 0.338 e. The van der Waals surface area contributed by atoms with E-state index in [9.17, 15) is 18.5 Å². The van der Waals surface area contributed by atoms with Crippen molar-refractivity contribution in [1.29, 1.82) is 5.26 Å². The molecular weight excluding hydrogens is 420 g/mol. The zero-order valence-electron chi connectivity index (χ0n) is 16.9. The van der Waals surface area contributed by atoms with Crippen LogP contribution in [0.1, 0.15) is 31.2 Å². The number of amides is 1. The Labute approximate surface area is 180 Å². The van der Waals surface area contributed by atoms with E-state index in [4.69, 9.17) is 9.47 Å². The van der Waals surface area contributed by atoms with Crippen LogP contribution in [0.5, 0.6) is 0 Å². The van der Waals surface area contributed by atoms with Gasteiger partial charge in [-0.05, 0) is 43.9 Å². The van der Waals surface area contributed by atoms with Gasteiger partial charge in [0.2, 0.25) is 10.0 Å². The molecule has 0 radical (unpaired) electrons. The van der Waals surface area contributed by atoms with E-state index in [0.29, 0.717) is 62.5 Å². The van der Waals surface area contributed by atoms with Crippen LogP contribution in [0.4, 0.5) is 5.69 Å². The predicted molar refractivity (Wildman–Crippen MR) is 111 cm³/mol. The summed E-state index contributed by atoms with van der Waals surface area (Å²) < 4.78 is 39.5. The number of anilines is 1. The van der Waals surface area contributed by atoms with E-state index >= 15 is 0 Å². The number of hydrogen-bond acceptors (Lipinski definition) is 7. The lowest BCUT2D eigenvalue weighted by atomic mass is 10.1. The molecule has 1 spiro atoms. The van der Waals surface area contributed by atoms with Crippen LogP contribution < -0.4 is 4.90 Å². The molecule has 1 aromatic rings. The zero-order valence-corrected chi connectivity index (χ0v) is 17.7. The molecule has 2 fully saturated rings. The van der Waals surface area contributed by atoms with Crippen molar-refractivity contribution in [3.8, 4) is 6.07 Å². The highest BCUT2D eigenvalue weighted by molar-refractivity contribution is 7.89. The van der Waals surface area contributed by atoms with Crippen LogP contribution in [0.25, 0.3) is 0 Å². The average Bonchev–Trinajstić information content (AvgIpc) is 3.42. The minimum atomic E-state index is -3.69. The summed E-state index contributed by atoms with van der Waals surface area (Å²) >= 11 is 0. The van der Waals surface area contributed by atoms with Crippen molar-refractivity contribution < 1.29 is 22.7 Å². The Morgan fingerprint density at radius 1 is 1.13 bits per heavy atom. The van der Waals surface area contributed by atoms with E-state index < -0.39 is 21.7 Å². The van der Waals surface area contributed by atoms with Gasteiger partial charge in [-0.1, -0.05) is 6.08 Å². The molecule has 10 heteroatoms. The molecule has 0 bridgehead atoms. The SMILES string of the molecule is N#CC1=CCCN=C1N1C(=O)C2(OCCCO2)c2cc(S(=O)(=O)N3CCCC3)ccc21. The highest BCUT2D eigenvalue weighted by Gasteiger charge is 2.57. The molecule has 5 rings (SSSR count). The number of rotatable bonds is 2. The Hall–Kier alpha value is -2.58. The number of fused-ring (bicyclic) bond motifs is 2. The Morgan fingerprint density at radius 3 is 2.58 bits per heavy atom. The second-order valence-electron chi connectivity index (χ2n) is 7.82. The third kappa shape index (κ3) is 3.03. The highest BCUT2D eigenvalue weighted by Crippen LogP contribution is 2.47. The molecule has 9 nitrogen and oxygen atoms in total. The van der Waals surface area contributed by atoms with Crippen molar-refractivity contribution >= 4 is 27.5 Å². The van der Waals surface area contributed by atoms with Gasteiger partial charge in [-0.3, -0.25) is 14.7 Å². The van der Waals surface area contributed by atoms with Gasteiger partial charge >= 0.3 is 0 Å². The first-order valence-corrected chi connectivity index (χ1v) is 11.9. The molecule has 1 aromatic carbocycles. The first kappa shape index (κ1) is 20.3. The van der Waals surface area contributed by atoms with Crippen LogP contribution in [-0.4, -0.2) is 57.3 Å². The van der Waals surface area contributed by atoms with Crippen LogP contribution >= 0.6 is 0 Å². The van der Waals surface area contributed by atoms with E-state index in [1.54, 1.807) is 12.1 Å². The highest BCUT2D eigenvalue weighted by atomic mass is 32.2. The lowest BCUT2D eigenvalue weighted by molar-refractivity contribution is -0.256. The number of ether oxygens (including phenoxy) is 2. The Bertz CT molecular complexity index is 1140. The van der Waals surface area contributed by atoms with Gasteiger partial charge in [-0.15, -0.1) is 0 Å². The van der Waals surface area contributed by atoms with E-state index in [1.807, 2.05) is 0 Å². The normalized spacial score (nSPS) is 23.5. The molecule has 0 N–H and O–H groups in total. The van der Waals surface area contributed by atoms with Crippen LogP contribution in [0.3, 0.4) is 0 Å². The van der Waals surface area contributed by atoms with Crippen molar-refractivity contribution in [2.24, 2.45) is 4.99 Å². The van der Waals surface area contributed by atoms with Crippen molar-refractivity contribution in [2.75, 3.05) is 37.7 Å². The Kier molecular flexibility index (Phi) is 4.94. The molecule has 0 aliphatic carbocycles. The van der Waals surface area contributed by atoms with Gasteiger partial charge < -0.3 is 9.47 Å². The van der Waals surface area contributed by atoms with E-state index in [2.05, 4.69) is 11.1 Å². The van der Waals surface area contributed by atoms with Gasteiger partial charge in [-0.25, -0.2) is 8.42 Å². The fraction of sp³-hybridized carbons (Fsp3) is 0.476. The second-order valence-corrected chi connectivity index (χ2v) is 9.76. The lowest BCUT2D eigenvalue weighted by Crippen LogP contribution is -2.49. The molecule has 2 saturated heterocycles. The molecule has 4 aliphatic rings. The molecule has 1 amide bonds. The molecule has 4 heterocycles. The quantitative estimate of drug-likeness (QED) is 0.689. The van der Waals surface area contributed by atoms with Crippen molar-refractivity contribution in [1.82, 2.24) is 4.31 Å². The number of sulfonamides is 1. The van der Waals surface area contributed by atoms with E-state index in [0.717, 1.165) is 12.8 Å². The topological polar surface area (TPSA) is 112 Å². The maximum absolute atomic E-state index is 13.6. The van der Waals surface area contributed by atoms with Gasteiger partial charge in [0.05, 0.1) is 29.4 Å². The molecule has 4 aliphatic heterocycles. The summed E-state index contributed by atoms with van der Waals surface area (Å²) in [6.07, 6.45) is 4.65. The van der Waals surface area contributed by atoms with Crippen molar-refractivity contribution in [2.45, 2.75) is 36.4 Å². The number of aliphatic imine (C=N–C) groups is 1. The maximum atomic E-state index is 13.6. The fourth-order valence-electron chi connectivity index (χ4n) is 4.45. The van der Waals surface area contributed by atoms with Crippen LogP contribution in [0, 0.1) is 11.3 Å². The monoisotopic (exact) mass is 442 g/mol. The van der Waals surface area contributed by atoms with Crippen LogP contribution in [0.15, 0.2) is 39.7 Å². The first-order chi connectivity index (χ1) is 15.0. The number of nitrogens with zero attached hydrogens (tertiary/aromatic N) is 4. The number of benzene rings is 1. The van der Waals surface area contributed by atoms with Gasteiger partial charge in [0, 0.05) is 25.2 Å². The fourth-order valence-corrected chi connectivity index (χ4v) is 5.99. The summed E-state index contributed by atoms with van der Waals surface area (Å²) in [5.41, 5.74) is 1.06. The second kappa shape index (κ2) is 7.53. The number of carbonyl (C=O) groups is 1. The standard InChI is InChI=1S/C21H22N4O5S/c22-14-15-5-3-8-23-19(15)25-18-7-6-16(31(27,28)24-9-1-2-10-24)13-17(18)21(20(25)26)29-11-4-12-30-21/h5-7,13H,1-4,8-12H2. The predicted octanol–water partition coefficient (Wildman–Crippen LogP) is 1.66. The third-order valence-corrected chi connectivity index (χ3v) is 7.86. The summed E-state index contributed by atoms with van der Waals surface area (Å²) in [7, 11) is -3.69. The smallest absolute Gasteiger partial charge is 0.298 e. The van der Waals surface area contributed by atoms with Crippen molar-refractivity contribution in [3.63, 3.8) is 0 Å². The zero-order chi connectivity index (χ0) is 21.6. The number of hydrogen-bond donors (Lipinski definition) is 0. The molecule has 0 aromatic heterocycles. The summed E-state index contributed by atoms with van der Waals surface area (Å²) in [6.45, 7) is 2.02. The number of amidine groups is 1. The van der Waals surface area contributed by atoms with Crippen LogP contribution in [0.2, 0.25) is 0 Å². The van der Waals surface area contributed by atoms with Gasteiger partial charge in [-0.2, -0.15) is 9.57 Å². The average molecular weight is 442 g/mol.